The zero-order valence-corrected chi connectivity index (χ0v) is 11.3. The molecular formula is C17H19N. The van der Waals surface area contributed by atoms with Crippen molar-refractivity contribution in [2.45, 2.75) is 25.7 Å². The van der Waals surface area contributed by atoms with Crippen LogP contribution in [0.25, 0.3) is 0 Å². The fourth-order valence-corrected chi connectivity index (χ4v) is 3.12. The van der Waals surface area contributed by atoms with E-state index in [1.54, 1.807) is 0 Å². The van der Waals surface area contributed by atoms with Crippen molar-refractivity contribution in [3.05, 3.63) is 59.7 Å². The summed E-state index contributed by atoms with van der Waals surface area (Å²) in [4.78, 5) is 2.31. The SMILES string of the molecule is CCC1(C)c2ccccc2N(C)c2ccccc21. The van der Waals surface area contributed by atoms with E-state index in [1.165, 1.54) is 22.5 Å². The van der Waals surface area contributed by atoms with Gasteiger partial charge >= 0.3 is 0 Å². The molecule has 0 aliphatic carbocycles. The van der Waals surface area contributed by atoms with Gasteiger partial charge in [0, 0.05) is 23.8 Å². The number of benzene rings is 2. The van der Waals surface area contributed by atoms with Crippen molar-refractivity contribution in [1.29, 1.82) is 0 Å². The van der Waals surface area contributed by atoms with Crippen LogP contribution < -0.4 is 4.90 Å². The minimum atomic E-state index is 0.125. The van der Waals surface area contributed by atoms with Crippen LogP contribution in [0.1, 0.15) is 31.4 Å². The molecule has 0 saturated carbocycles. The summed E-state index contributed by atoms with van der Waals surface area (Å²) in [5, 5.41) is 0. The number of fused-ring (bicyclic) bond motifs is 2. The van der Waals surface area contributed by atoms with Crippen molar-refractivity contribution in [2.75, 3.05) is 11.9 Å². The maximum absolute atomic E-state index is 2.36. The molecule has 0 N–H and O–H groups in total. The molecule has 0 aromatic heterocycles. The third-order valence-corrected chi connectivity index (χ3v) is 4.43. The number of rotatable bonds is 1. The van der Waals surface area contributed by atoms with Gasteiger partial charge < -0.3 is 4.90 Å². The molecule has 0 amide bonds. The van der Waals surface area contributed by atoms with Gasteiger partial charge in [0.1, 0.15) is 0 Å². The average molecular weight is 237 g/mol. The molecule has 0 unspecified atom stereocenters. The van der Waals surface area contributed by atoms with E-state index in [1.807, 2.05) is 0 Å². The normalized spacial score (nSPS) is 16.1. The molecule has 2 aromatic rings. The largest absolute Gasteiger partial charge is 0.344 e. The fourth-order valence-electron chi connectivity index (χ4n) is 3.12. The van der Waals surface area contributed by atoms with E-state index in [0.29, 0.717) is 0 Å². The molecule has 0 radical (unpaired) electrons. The lowest BCUT2D eigenvalue weighted by Crippen LogP contribution is -2.32. The van der Waals surface area contributed by atoms with Crippen LogP contribution in [0, 0.1) is 0 Å². The molecule has 92 valence electrons. The van der Waals surface area contributed by atoms with Gasteiger partial charge in [0.2, 0.25) is 0 Å². The van der Waals surface area contributed by atoms with Crippen molar-refractivity contribution in [2.24, 2.45) is 0 Å². The minimum Gasteiger partial charge on any atom is -0.344 e. The second kappa shape index (κ2) is 3.88. The lowest BCUT2D eigenvalue weighted by Gasteiger charge is -2.42. The maximum atomic E-state index is 2.36. The van der Waals surface area contributed by atoms with Crippen LogP contribution in [0.2, 0.25) is 0 Å². The Balaban J connectivity index is 2.34. The van der Waals surface area contributed by atoms with Gasteiger partial charge in [-0.25, -0.2) is 0 Å². The van der Waals surface area contributed by atoms with Crippen molar-refractivity contribution in [3.8, 4) is 0 Å². The summed E-state index contributed by atoms with van der Waals surface area (Å²) in [6, 6.07) is 17.5. The second-order valence-corrected chi connectivity index (χ2v) is 5.28. The Hall–Kier alpha value is -1.76. The summed E-state index contributed by atoms with van der Waals surface area (Å²) in [6.45, 7) is 4.64. The van der Waals surface area contributed by atoms with Crippen LogP contribution in [0.4, 0.5) is 11.4 Å². The lowest BCUT2D eigenvalue weighted by atomic mass is 9.70. The average Bonchev–Trinajstić information content (AvgIpc) is 2.45. The predicted molar refractivity (Wildman–Crippen MR) is 77.7 cm³/mol. The van der Waals surface area contributed by atoms with E-state index < -0.39 is 0 Å². The van der Waals surface area contributed by atoms with E-state index >= 15 is 0 Å². The van der Waals surface area contributed by atoms with E-state index in [9.17, 15) is 0 Å². The summed E-state index contributed by atoms with van der Waals surface area (Å²) in [7, 11) is 2.16. The highest BCUT2D eigenvalue weighted by Crippen LogP contribution is 2.49. The van der Waals surface area contributed by atoms with Gasteiger partial charge in [-0.3, -0.25) is 0 Å². The monoisotopic (exact) mass is 237 g/mol. The van der Waals surface area contributed by atoms with E-state index in [0.717, 1.165) is 6.42 Å². The predicted octanol–water partition coefficient (Wildman–Crippen LogP) is 4.48. The van der Waals surface area contributed by atoms with Crippen molar-refractivity contribution < 1.29 is 0 Å². The number of para-hydroxylation sites is 2. The maximum Gasteiger partial charge on any atom is 0.0449 e. The molecule has 1 nitrogen and oxygen atoms in total. The Kier molecular flexibility index (Phi) is 2.44. The van der Waals surface area contributed by atoms with Gasteiger partial charge in [0.05, 0.1) is 0 Å². The minimum absolute atomic E-state index is 0.125. The Bertz CT molecular complexity index is 538. The fraction of sp³-hybridized carbons (Fsp3) is 0.294. The molecule has 3 rings (SSSR count). The Morgan fingerprint density at radius 3 is 1.78 bits per heavy atom. The Morgan fingerprint density at radius 2 is 1.33 bits per heavy atom. The van der Waals surface area contributed by atoms with Gasteiger partial charge in [-0.05, 0) is 29.7 Å². The smallest absolute Gasteiger partial charge is 0.0449 e. The lowest BCUT2D eigenvalue weighted by molar-refractivity contribution is 0.543. The molecule has 0 fully saturated rings. The standard InChI is InChI=1S/C17H19N/c1-4-17(2)13-9-5-7-11-15(13)18(3)16-12-8-6-10-14(16)17/h5-12H,4H2,1-3H3. The summed E-state index contributed by atoms with van der Waals surface area (Å²) in [5.74, 6) is 0. The molecule has 1 aliphatic rings. The first-order chi connectivity index (χ1) is 8.68. The molecule has 1 aliphatic heterocycles. The van der Waals surface area contributed by atoms with E-state index in [-0.39, 0.29) is 5.41 Å². The van der Waals surface area contributed by atoms with Crippen LogP contribution in [0.3, 0.4) is 0 Å². The summed E-state index contributed by atoms with van der Waals surface area (Å²) in [5.41, 5.74) is 5.67. The van der Waals surface area contributed by atoms with Crippen molar-refractivity contribution in [3.63, 3.8) is 0 Å². The summed E-state index contributed by atoms with van der Waals surface area (Å²) >= 11 is 0. The molecule has 2 aromatic carbocycles. The first kappa shape index (κ1) is 11.3. The molecule has 0 spiro atoms. The molecule has 1 heteroatoms. The van der Waals surface area contributed by atoms with Crippen molar-refractivity contribution in [1.82, 2.24) is 0 Å². The number of anilines is 2. The quantitative estimate of drug-likeness (QED) is 0.706. The van der Waals surface area contributed by atoms with Gasteiger partial charge in [-0.15, -0.1) is 0 Å². The third-order valence-electron chi connectivity index (χ3n) is 4.43. The highest BCUT2D eigenvalue weighted by atomic mass is 15.1. The van der Waals surface area contributed by atoms with Crippen LogP contribution in [0.5, 0.6) is 0 Å². The van der Waals surface area contributed by atoms with Crippen LogP contribution in [-0.2, 0) is 5.41 Å². The summed E-state index contributed by atoms with van der Waals surface area (Å²) in [6.07, 6.45) is 1.12. The molecule has 1 heterocycles. The molecule has 18 heavy (non-hydrogen) atoms. The Labute approximate surface area is 109 Å². The molecular weight excluding hydrogens is 218 g/mol. The highest BCUT2D eigenvalue weighted by Gasteiger charge is 2.36. The zero-order chi connectivity index (χ0) is 12.8. The molecule has 0 bridgehead atoms. The van der Waals surface area contributed by atoms with Crippen LogP contribution in [0.15, 0.2) is 48.5 Å². The van der Waals surface area contributed by atoms with E-state index in [2.05, 4.69) is 74.3 Å². The number of hydrogen-bond acceptors (Lipinski definition) is 1. The molecule has 0 atom stereocenters. The van der Waals surface area contributed by atoms with E-state index in [4.69, 9.17) is 0 Å². The highest BCUT2D eigenvalue weighted by molar-refractivity contribution is 5.77. The first-order valence-electron chi connectivity index (χ1n) is 6.61. The number of hydrogen-bond donors (Lipinski definition) is 0. The Morgan fingerprint density at radius 1 is 0.889 bits per heavy atom. The summed E-state index contributed by atoms with van der Waals surface area (Å²) < 4.78 is 0. The third kappa shape index (κ3) is 1.34. The van der Waals surface area contributed by atoms with Crippen LogP contribution in [-0.4, -0.2) is 7.05 Å². The topological polar surface area (TPSA) is 3.24 Å². The first-order valence-corrected chi connectivity index (χ1v) is 6.61. The van der Waals surface area contributed by atoms with Gasteiger partial charge in [0.15, 0.2) is 0 Å². The van der Waals surface area contributed by atoms with Gasteiger partial charge in [-0.2, -0.15) is 0 Å². The van der Waals surface area contributed by atoms with Gasteiger partial charge in [-0.1, -0.05) is 50.2 Å². The van der Waals surface area contributed by atoms with Crippen molar-refractivity contribution >= 4 is 11.4 Å². The van der Waals surface area contributed by atoms with Crippen LogP contribution >= 0.6 is 0 Å². The molecule has 0 saturated heterocycles. The second-order valence-electron chi connectivity index (χ2n) is 5.28. The zero-order valence-electron chi connectivity index (χ0n) is 11.3. The van der Waals surface area contributed by atoms with Gasteiger partial charge in [0.25, 0.3) is 0 Å². The number of nitrogens with zero attached hydrogens (tertiary/aromatic N) is 1.